The van der Waals surface area contributed by atoms with Crippen LogP contribution in [0, 0.1) is 11.8 Å². The Hall–Kier alpha value is -1.01. The van der Waals surface area contributed by atoms with Crippen LogP contribution >= 0.6 is 0 Å². The second-order valence-electron chi connectivity index (χ2n) is 5.89. The molecule has 0 amide bonds. The highest BCUT2D eigenvalue weighted by Gasteiger charge is 2.14. The summed E-state index contributed by atoms with van der Waals surface area (Å²) in [7, 11) is 1.44. The maximum atomic E-state index is 10.7. The lowest BCUT2D eigenvalue weighted by atomic mass is 10.1. The lowest BCUT2D eigenvalue weighted by molar-refractivity contribution is -0.148. The number of methoxy groups -OCH3 is 1. The quantitative estimate of drug-likeness (QED) is 0.355. The molecule has 0 unspecified atom stereocenters. The monoisotopic (exact) mass is 310 g/mol. The summed E-state index contributed by atoms with van der Waals surface area (Å²) in [6.45, 7) is 2.25. The zero-order valence-electron chi connectivity index (χ0n) is 14.5. The van der Waals surface area contributed by atoms with Gasteiger partial charge in [0.05, 0.1) is 0 Å². The van der Waals surface area contributed by atoms with Gasteiger partial charge in [0.2, 0.25) is 0 Å². The van der Waals surface area contributed by atoms with Gasteiger partial charge in [0.15, 0.2) is 6.10 Å². The van der Waals surface area contributed by atoms with E-state index in [1.165, 1.54) is 64.9 Å². The highest BCUT2D eigenvalue weighted by Crippen LogP contribution is 2.10. The first-order valence-electron chi connectivity index (χ1n) is 8.93. The highest BCUT2D eigenvalue weighted by atomic mass is 16.5. The van der Waals surface area contributed by atoms with Crippen LogP contribution < -0.4 is 0 Å². The molecular formula is C19H34O3. The van der Waals surface area contributed by atoms with Gasteiger partial charge in [-0.1, -0.05) is 58.3 Å². The Balaban J connectivity index is 3.30. The molecular weight excluding hydrogens is 276 g/mol. The summed E-state index contributed by atoms with van der Waals surface area (Å²) < 4.78 is 4.88. The number of carboxylic acid groups (broad SMARTS) is 1. The maximum absolute atomic E-state index is 10.7. The molecule has 0 saturated heterocycles. The van der Waals surface area contributed by atoms with Gasteiger partial charge in [-0.15, -0.1) is 11.8 Å². The molecule has 3 nitrogen and oxygen atoms in total. The number of unbranched alkanes of at least 4 members (excludes halogenated alkanes) is 10. The molecule has 0 aliphatic carbocycles. The van der Waals surface area contributed by atoms with Crippen LogP contribution in [0.5, 0.6) is 0 Å². The van der Waals surface area contributed by atoms with E-state index in [0.29, 0.717) is 6.42 Å². The second-order valence-corrected chi connectivity index (χ2v) is 5.89. The normalized spacial score (nSPS) is 11.7. The van der Waals surface area contributed by atoms with Gasteiger partial charge in [-0.25, -0.2) is 4.79 Å². The van der Waals surface area contributed by atoms with E-state index in [-0.39, 0.29) is 0 Å². The molecule has 0 aliphatic rings. The first kappa shape index (κ1) is 21.0. The van der Waals surface area contributed by atoms with Gasteiger partial charge in [0.25, 0.3) is 0 Å². The smallest absolute Gasteiger partial charge is 0.332 e. The summed E-state index contributed by atoms with van der Waals surface area (Å²) in [6.07, 6.45) is 14.4. The third kappa shape index (κ3) is 13.9. The Bertz CT molecular complexity index is 314. The summed E-state index contributed by atoms with van der Waals surface area (Å²) in [5.74, 6) is 5.43. The fraction of sp³-hybridized carbons (Fsp3) is 0.842. The summed E-state index contributed by atoms with van der Waals surface area (Å²) in [5.41, 5.74) is 0. The molecule has 0 bridgehead atoms. The van der Waals surface area contributed by atoms with Gasteiger partial charge < -0.3 is 9.84 Å². The van der Waals surface area contributed by atoms with Crippen molar-refractivity contribution in [2.45, 2.75) is 96.5 Å². The van der Waals surface area contributed by atoms with E-state index in [1.54, 1.807) is 0 Å². The third-order valence-corrected chi connectivity index (χ3v) is 3.86. The zero-order chi connectivity index (χ0) is 16.5. The molecule has 1 atom stereocenters. The predicted molar refractivity (Wildman–Crippen MR) is 91.9 cm³/mol. The third-order valence-electron chi connectivity index (χ3n) is 3.86. The van der Waals surface area contributed by atoms with Crippen molar-refractivity contribution >= 4 is 5.97 Å². The van der Waals surface area contributed by atoms with Crippen LogP contribution in [0.3, 0.4) is 0 Å². The van der Waals surface area contributed by atoms with Gasteiger partial charge in [-0.3, -0.25) is 0 Å². The number of aliphatic carboxylic acids is 1. The van der Waals surface area contributed by atoms with E-state index in [9.17, 15) is 4.79 Å². The van der Waals surface area contributed by atoms with Crippen molar-refractivity contribution in [1.82, 2.24) is 0 Å². The molecule has 1 N–H and O–H groups in total. The summed E-state index contributed by atoms with van der Waals surface area (Å²) in [5, 5.41) is 8.82. The zero-order valence-corrected chi connectivity index (χ0v) is 14.5. The van der Waals surface area contributed by atoms with Gasteiger partial charge in [-0.2, -0.15) is 0 Å². The van der Waals surface area contributed by atoms with E-state index < -0.39 is 12.1 Å². The van der Waals surface area contributed by atoms with Gasteiger partial charge >= 0.3 is 5.97 Å². The Morgan fingerprint density at radius 2 is 1.41 bits per heavy atom. The Labute approximate surface area is 136 Å². The molecule has 0 radical (unpaired) electrons. The number of rotatable bonds is 14. The highest BCUT2D eigenvalue weighted by molar-refractivity contribution is 5.72. The second kappa shape index (κ2) is 16.4. The summed E-state index contributed by atoms with van der Waals surface area (Å²) in [4.78, 5) is 10.7. The lowest BCUT2D eigenvalue weighted by Crippen LogP contribution is -2.21. The maximum Gasteiger partial charge on any atom is 0.332 e. The van der Waals surface area contributed by atoms with Crippen LogP contribution in [-0.4, -0.2) is 24.3 Å². The van der Waals surface area contributed by atoms with E-state index in [0.717, 1.165) is 19.3 Å². The molecule has 0 fully saturated rings. The molecule has 0 rings (SSSR count). The van der Waals surface area contributed by atoms with Crippen molar-refractivity contribution in [3.8, 4) is 11.8 Å². The van der Waals surface area contributed by atoms with Crippen molar-refractivity contribution in [2.75, 3.05) is 7.11 Å². The van der Waals surface area contributed by atoms with Crippen LogP contribution in [0.15, 0.2) is 0 Å². The Morgan fingerprint density at radius 1 is 0.909 bits per heavy atom. The van der Waals surface area contributed by atoms with E-state index in [1.807, 2.05) is 0 Å². The first-order valence-corrected chi connectivity index (χ1v) is 8.93. The Kier molecular flexibility index (Phi) is 15.6. The molecule has 3 heteroatoms. The topological polar surface area (TPSA) is 46.5 Å². The van der Waals surface area contributed by atoms with Crippen LogP contribution in [0.25, 0.3) is 0 Å². The summed E-state index contributed by atoms with van der Waals surface area (Å²) >= 11 is 0. The molecule has 0 heterocycles. The molecule has 0 saturated carbocycles. The van der Waals surface area contributed by atoms with Crippen molar-refractivity contribution in [3.05, 3.63) is 0 Å². The van der Waals surface area contributed by atoms with Crippen molar-refractivity contribution in [2.24, 2.45) is 0 Å². The number of hydrogen-bond donors (Lipinski definition) is 1. The standard InChI is InChI=1S/C19H34O3/c1-3-4-5-6-7-8-9-10-11-12-13-14-15-16-17-18(22-2)19(20)21/h18H,3-12,15-17H2,1-2H3,(H,20,21)/t18-/m1/s1. The van der Waals surface area contributed by atoms with Crippen molar-refractivity contribution < 1.29 is 14.6 Å². The number of hydrogen-bond acceptors (Lipinski definition) is 2. The fourth-order valence-electron chi connectivity index (χ4n) is 2.42. The molecule has 0 aromatic heterocycles. The number of carbonyl (C=O) groups is 1. The van der Waals surface area contributed by atoms with E-state index >= 15 is 0 Å². The molecule has 0 aliphatic heterocycles. The minimum Gasteiger partial charge on any atom is -0.479 e. The van der Waals surface area contributed by atoms with Gasteiger partial charge in [0, 0.05) is 20.0 Å². The lowest BCUT2D eigenvalue weighted by Gasteiger charge is -2.07. The largest absolute Gasteiger partial charge is 0.479 e. The molecule has 22 heavy (non-hydrogen) atoms. The molecule has 0 aromatic carbocycles. The average Bonchev–Trinajstić information content (AvgIpc) is 2.51. The number of carboxylic acids is 1. The van der Waals surface area contributed by atoms with Crippen LogP contribution in [-0.2, 0) is 9.53 Å². The molecule has 0 spiro atoms. The number of ether oxygens (including phenoxy) is 1. The average molecular weight is 310 g/mol. The predicted octanol–water partition coefficient (Wildman–Crippen LogP) is 5.18. The fourth-order valence-corrected chi connectivity index (χ4v) is 2.42. The first-order chi connectivity index (χ1) is 10.7. The minimum atomic E-state index is -0.884. The van der Waals surface area contributed by atoms with E-state index in [4.69, 9.17) is 9.84 Å². The van der Waals surface area contributed by atoms with Crippen molar-refractivity contribution in [3.63, 3.8) is 0 Å². The molecule has 128 valence electrons. The molecule has 0 aromatic rings. The van der Waals surface area contributed by atoms with E-state index in [2.05, 4.69) is 18.8 Å². The summed E-state index contributed by atoms with van der Waals surface area (Å²) in [6, 6.07) is 0. The van der Waals surface area contributed by atoms with Crippen molar-refractivity contribution in [1.29, 1.82) is 0 Å². The van der Waals surface area contributed by atoms with Crippen LogP contribution in [0.1, 0.15) is 90.4 Å². The Morgan fingerprint density at radius 3 is 1.91 bits per heavy atom. The van der Waals surface area contributed by atoms with Gasteiger partial charge in [-0.05, 0) is 19.3 Å². The van der Waals surface area contributed by atoms with Crippen LogP contribution in [0.4, 0.5) is 0 Å². The van der Waals surface area contributed by atoms with Gasteiger partial charge in [0.1, 0.15) is 0 Å². The SMILES string of the molecule is CCCCCCCCCCCC#CCCC[C@@H](OC)C(=O)O. The minimum absolute atomic E-state index is 0.540. The van der Waals surface area contributed by atoms with Crippen LogP contribution in [0.2, 0.25) is 0 Å².